The number of pyridine rings is 1. The molecule has 0 aromatic carbocycles. The summed E-state index contributed by atoms with van der Waals surface area (Å²) < 4.78 is 13.7. The minimum atomic E-state index is -0.504. The topological polar surface area (TPSA) is 30.0 Å². The third-order valence-corrected chi connectivity index (χ3v) is 3.30. The smallest absolute Gasteiger partial charge is 0.195 e. The van der Waals surface area contributed by atoms with Crippen molar-refractivity contribution in [2.75, 3.05) is 0 Å². The predicted octanol–water partition coefficient (Wildman–Crippen LogP) is 3.28. The number of carbonyl (C=O) groups is 1. The Morgan fingerprint density at radius 1 is 1.33 bits per heavy atom. The zero-order valence-electron chi connectivity index (χ0n) is 7.41. The van der Waals surface area contributed by atoms with Crippen molar-refractivity contribution in [3.05, 3.63) is 50.6 Å². The van der Waals surface area contributed by atoms with E-state index in [-0.39, 0.29) is 11.3 Å². The molecule has 0 bridgehead atoms. The fourth-order valence-corrected chi connectivity index (χ4v) is 2.27. The van der Waals surface area contributed by atoms with Crippen LogP contribution in [0.3, 0.4) is 0 Å². The minimum Gasteiger partial charge on any atom is -0.289 e. The largest absolute Gasteiger partial charge is 0.289 e. The van der Waals surface area contributed by atoms with Crippen LogP contribution in [-0.2, 0) is 0 Å². The van der Waals surface area contributed by atoms with Crippen LogP contribution in [0.15, 0.2) is 33.7 Å². The second-order valence-corrected chi connectivity index (χ2v) is 5.15. The number of nitrogens with zero attached hydrogens (tertiary/aromatic N) is 1. The average Bonchev–Trinajstić information content (AvgIpc) is 2.64. The Hall–Kier alpha value is -1.07. The summed E-state index contributed by atoms with van der Waals surface area (Å²) in [5.74, 6) is -0.723. The maximum atomic E-state index is 12.8. The highest BCUT2D eigenvalue weighted by molar-refractivity contribution is 9.11. The summed E-state index contributed by atoms with van der Waals surface area (Å²) in [5, 5.41) is 1.72. The van der Waals surface area contributed by atoms with Crippen molar-refractivity contribution in [3.63, 3.8) is 0 Å². The van der Waals surface area contributed by atoms with E-state index in [1.54, 1.807) is 11.4 Å². The second-order valence-electron chi connectivity index (χ2n) is 2.86. The summed E-state index contributed by atoms with van der Waals surface area (Å²) in [7, 11) is 0. The molecule has 0 aliphatic carbocycles. The Labute approximate surface area is 97.9 Å². The Kier molecular flexibility index (Phi) is 2.93. The maximum absolute atomic E-state index is 12.8. The fraction of sp³-hybridized carbons (Fsp3) is 0. The van der Waals surface area contributed by atoms with Crippen molar-refractivity contribution in [2.45, 2.75) is 0 Å². The molecule has 0 saturated heterocycles. The number of aromatic nitrogens is 1. The molecule has 2 nitrogen and oxygen atoms in total. The van der Waals surface area contributed by atoms with E-state index in [0.717, 1.165) is 9.98 Å². The Bertz CT molecular complexity index is 512. The van der Waals surface area contributed by atoms with Gasteiger partial charge < -0.3 is 0 Å². The van der Waals surface area contributed by atoms with Gasteiger partial charge in [0.1, 0.15) is 5.82 Å². The van der Waals surface area contributed by atoms with Gasteiger partial charge in [-0.25, -0.2) is 4.39 Å². The zero-order chi connectivity index (χ0) is 10.8. The number of hydrogen-bond donors (Lipinski definition) is 0. The Balaban J connectivity index is 2.36. The molecule has 0 fully saturated rings. The molecule has 0 radical (unpaired) electrons. The molecule has 0 aliphatic rings. The van der Waals surface area contributed by atoms with Crippen LogP contribution in [0, 0.1) is 5.82 Å². The summed E-state index contributed by atoms with van der Waals surface area (Å²) in [6.07, 6.45) is 2.43. The molecule has 5 heteroatoms. The summed E-state index contributed by atoms with van der Waals surface area (Å²) in [6.45, 7) is 0. The molecule has 0 saturated carbocycles. The van der Waals surface area contributed by atoms with E-state index in [1.165, 1.54) is 23.6 Å². The van der Waals surface area contributed by atoms with Gasteiger partial charge >= 0.3 is 0 Å². The van der Waals surface area contributed by atoms with E-state index in [1.807, 2.05) is 0 Å². The van der Waals surface area contributed by atoms with Crippen molar-refractivity contribution in [1.29, 1.82) is 0 Å². The Morgan fingerprint density at radius 3 is 2.73 bits per heavy atom. The highest BCUT2D eigenvalue weighted by atomic mass is 79.9. The van der Waals surface area contributed by atoms with Crippen molar-refractivity contribution >= 4 is 33.0 Å². The standard InChI is InChI=1S/C10H5BrFNOS/c11-9-2-7(5-15-9)10(14)6-1-8(12)4-13-3-6/h1-5H. The first-order valence-electron chi connectivity index (χ1n) is 4.06. The molecule has 2 aromatic rings. The van der Waals surface area contributed by atoms with Gasteiger partial charge in [-0.1, -0.05) is 0 Å². The molecule has 0 atom stereocenters. The van der Waals surface area contributed by atoms with Crippen molar-refractivity contribution in [3.8, 4) is 0 Å². The second kappa shape index (κ2) is 4.20. The zero-order valence-corrected chi connectivity index (χ0v) is 9.81. The first kappa shape index (κ1) is 10.4. The lowest BCUT2D eigenvalue weighted by Crippen LogP contribution is -2.00. The van der Waals surface area contributed by atoms with Crippen molar-refractivity contribution in [1.82, 2.24) is 4.98 Å². The lowest BCUT2D eigenvalue weighted by atomic mass is 10.1. The predicted molar refractivity (Wildman–Crippen MR) is 59.6 cm³/mol. The van der Waals surface area contributed by atoms with Crippen LogP contribution in [0.25, 0.3) is 0 Å². The molecular weight excluding hydrogens is 281 g/mol. The van der Waals surface area contributed by atoms with E-state index < -0.39 is 5.82 Å². The van der Waals surface area contributed by atoms with Crippen LogP contribution >= 0.6 is 27.3 Å². The van der Waals surface area contributed by atoms with Gasteiger partial charge in [0.2, 0.25) is 0 Å². The van der Waals surface area contributed by atoms with Crippen LogP contribution in [0.1, 0.15) is 15.9 Å². The van der Waals surface area contributed by atoms with Crippen LogP contribution in [0.5, 0.6) is 0 Å². The third-order valence-electron chi connectivity index (χ3n) is 1.80. The normalized spacial score (nSPS) is 10.3. The number of rotatable bonds is 2. The summed E-state index contributed by atoms with van der Waals surface area (Å²) >= 11 is 4.68. The van der Waals surface area contributed by atoms with Gasteiger partial charge in [-0.3, -0.25) is 9.78 Å². The van der Waals surface area contributed by atoms with Crippen LogP contribution < -0.4 is 0 Å². The van der Waals surface area contributed by atoms with E-state index in [9.17, 15) is 9.18 Å². The molecule has 0 spiro atoms. The van der Waals surface area contributed by atoms with Gasteiger partial charge in [0.25, 0.3) is 0 Å². The first-order chi connectivity index (χ1) is 7.16. The molecular formula is C10H5BrFNOS. The molecule has 15 heavy (non-hydrogen) atoms. The fourth-order valence-electron chi connectivity index (χ4n) is 1.13. The van der Waals surface area contributed by atoms with Crippen LogP contribution in [0.2, 0.25) is 0 Å². The molecule has 76 valence electrons. The molecule has 2 aromatic heterocycles. The number of carbonyl (C=O) groups excluding carboxylic acids is 1. The highest BCUT2D eigenvalue weighted by Crippen LogP contribution is 2.22. The number of ketones is 1. The van der Waals surface area contributed by atoms with Crippen molar-refractivity contribution in [2.24, 2.45) is 0 Å². The summed E-state index contributed by atoms with van der Waals surface area (Å²) in [6, 6.07) is 2.89. The summed E-state index contributed by atoms with van der Waals surface area (Å²) in [5.41, 5.74) is 0.805. The molecule has 2 heterocycles. The third kappa shape index (κ3) is 2.30. The lowest BCUT2D eigenvalue weighted by Gasteiger charge is -1.96. The molecule has 0 N–H and O–H groups in total. The van der Waals surface area contributed by atoms with E-state index in [2.05, 4.69) is 20.9 Å². The van der Waals surface area contributed by atoms with E-state index >= 15 is 0 Å². The quantitative estimate of drug-likeness (QED) is 0.793. The van der Waals surface area contributed by atoms with Gasteiger partial charge in [0.05, 0.1) is 9.98 Å². The first-order valence-corrected chi connectivity index (χ1v) is 5.73. The average molecular weight is 286 g/mol. The SMILES string of the molecule is O=C(c1cncc(F)c1)c1csc(Br)c1. The number of thiophene rings is 1. The van der Waals surface area contributed by atoms with Gasteiger partial charge in [-0.2, -0.15) is 0 Å². The highest BCUT2D eigenvalue weighted by Gasteiger charge is 2.11. The molecule has 0 amide bonds. The van der Waals surface area contributed by atoms with Crippen LogP contribution in [-0.4, -0.2) is 10.8 Å². The monoisotopic (exact) mass is 285 g/mol. The van der Waals surface area contributed by atoms with Gasteiger partial charge in [-0.15, -0.1) is 11.3 Å². The number of halogens is 2. The molecule has 0 unspecified atom stereocenters. The van der Waals surface area contributed by atoms with Crippen molar-refractivity contribution < 1.29 is 9.18 Å². The van der Waals surface area contributed by atoms with E-state index in [4.69, 9.17) is 0 Å². The Morgan fingerprint density at radius 2 is 2.13 bits per heavy atom. The maximum Gasteiger partial charge on any atom is 0.195 e. The van der Waals surface area contributed by atoms with Gasteiger partial charge in [0, 0.05) is 22.7 Å². The van der Waals surface area contributed by atoms with E-state index in [0.29, 0.717) is 5.56 Å². The molecule has 2 rings (SSSR count). The number of hydrogen-bond acceptors (Lipinski definition) is 3. The van der Waals surface area contributed by atoms with Gasteiger partial charge in [0.15, 0.2) is 5.78 Å². The lowest BCUT2D eigenvalue weighted by molar-refractivity contribution is 0.103. The summed E-state index contributed by atoms with van der Waals surface area (Å²) in [4.78, 5) is 15.4. The minimum absolute atomic E-state index is 0.219. The van der Waals surface area contributed by atoms with Crippen LogP contribution in [0.4, 0.5) is 4.39 Å². The van der Waals surface area contributed by atoms with Gasteiger partial charge in [-0.05, 0) is 28.1 Å². The molecule has 0 aliphatic heterocycles.